The van der Waals surface area contributed by atoms with E-state index in [0.29, 0.717) is 0 Å². The highest BCUT2D eigenvalue weighted by atomic mass is 14.5. The first-order valence-corrected chi connectivity index (χ1v) is 15.9. The summed E-state index contributed by atoms with van der Waals surface area (Å²) in [6.07, 6.45) is 15.5. The van der Waals surface area contributed by atoms with Gasteiger partial charge in [-0.05, 0) is 133 Å². The molecule has 0 aliphatic heterocycles. The fourth-order valence-electron chi connectivity index (χ4n) is 5.82. The van der Waals surface area contributed by atoms with Gasteiger partial charge in [0.05, 0.1) is 0 Å². The number of anilines is 2. The zero-order chi connectivity index (χ0) is 28.9. The summed E-state index contributed by atoms with van der Waals surface area (Å²) in [5, 5.41) is 0. The SMILES string of the molecule is CCCCc1cc(Cc2ccc(N)cc2)ccc1CCCCCc1ccc(Cc2ccc(N)cc2)cc1CCCC. The molecule has 0 saturated heterocycles. The molecule has 0 atom stereocenters. The summed E-state index contributed by atoms with van der Waals surface area (Å²) < 4.78 is 0. The van der Waals surface area contributed by atoms with Crippen LogP contribution in [0.5, 0.6) is 0 Å². The van der Waals surface area contributed by atoms with Crippen molar-refractivity contribution in [3.05, 3.63) is 129 Å². The molecule has 41 heavy (non-hydrogen) atoms. The monoisotopic (exact) mass is 546 g/mol. The standard InChI is InChI=1S/C39H50N2/c1-3-5-10-36-28-32(26-30-16-22-38(40)23-17-30)14-20-34(36)12-8-7-9-13-35-21-15-33(29-37(35)11-6-4-2)27-31-18-24-39(41)25-19-31/h14-25,28-29H,3-13,26-27,40-41H2,1-2H3. The maximum Gasteiger partial charge on any atom is 0.0314 e. The minimum atomic E-state index is 0.830. The average Bonchev–Trinajstić information content (AvgIpc) is 2.98. The van der Waals surface area contributed by atoms with Crippen molar-refractivity contribution < 1.29 is 0 Å². The number of hydrogen-bond donors (Lipinski definition) is 2. The fourth-order valence-corrected chi connectivity index (χ4v) is 5.82. The van der Waals surface area contributed by atoms with Crippen LogP contribution < -0.4 is 11.5 Å². The topological polar surface area (TPSA) is 52.0 Å². The van der Waals surface area contributed by atoms with Crippen molar-refractivity contribution >= 4 is 11.4 Å². The van der Waals surface area contributed by atoms with E-state index >= 15 is 0 Å². The van der Waals surface area contributed by atoms with E-state index in [2.05, 4.69) is 74.5 Å². The third kappa shape index (κ3) is 9.81. The molecule has 2 heteroatoms. The van der Waals surface area contributed by atoms with Gasteiger partial charge in [-0.1, -0.05) is 93.8 Å². The van der Waals surface area contributed by atoms with E-state index in [9.17, 15) is 0 Å². The average molecular weight is 547 g/mol. The molecular weight excluding hydrogens is 496 g/mol. The van der Waals surface area contributed by atoms with E-state index in [1.54, 1.807) is 22.3 Å². The molecule has 0 fully saturated rings. The second-order valence-electron chi connectivity index (χ2n) is 11.8. The Balaban J connectivity index is 1.32. The van der Waals surface area contributed by atoms with E-state index in [0.717, 1.165) is 24.2 Å². The number of nitrogen functional groups attached to an aromatic ring is 2. The van der Waals surface area contributed by atoms with Gasteiger partial charge in [0, 0.05) is 11.4 Å². The summed E-state index contributed by atoms with van der Waals surface area (Å²) in [5.74, 6) is 0. The van der Waals surface area contributed by atoms with Crippen LogP contribution in [0.15, 0.2) is 84.9 Å². The molecule has 0 heterocycles. The number of rotatable bonds is 16. The number of aryl methyl sites for hydroxylation is 4. The van der Waals surface area contributed by atoms with Crippen LogP contribution in [0.25, 0.3) is 0 Å². The van der Waals surface area contributed by atoms with E-state index in [1.807, 2.05) is 24.3 Å². The van der Waals surface area contributed by atoms with Crippen LogP contribution in [-0.2, 0) is 38.5 Å². The Labute approximate surface area is 249 Å². The number of unbranched alkanes of at least 4 members (excludes halogenated alkanes) is 4. The Hall–Kier alpha value is -3.52. The lowest BCUT2D eigenvalue weighted by molar-refractivity contribution is 0.668. The maximum atomic E-state index is 5.88. The number of hydrogen-bond acceptors (Lipinski definition) is 2. The van der Waals surface area contributed by atoms with Gasteiger partial charge in [0.15, 0.2) is 0 Å². The predicted molar refractivity (Wildman–Crippen MR) is 179 cm³/mol. The Morgan fingerprint density at radius 1 is 0.390 bits per heavy atom. The Morgan fingerprint density at radius 3 is 1.15 bits per heavy atom. The first kappa shape index (κ1) is 30.4. The minimum Gasteiger partial charge on any atom is -0.399 e. The molecule has 0 aromatic heterocycles. The molecule has 0 amide bonds. The lowest BCUT2D eigenvalue weighted by Crippen LogP contribution is -2.00. The van der Waals surface area contributed by atoms with Crippen LogP contribution in [-0.4, -0.2) is 0 Å². The fraction of sp³-hybridized carbons (Fsp3) is 0.385. The first-order valence-electron chi connectivity index (χ1n) is 15.9. The largest absolute Gasteiger partial charge is 0.399 e. The molecule has 4 aromatic carbocycles. The molecule has 216 valence electrons. The van der Waals surface area contributed by atoms with Crippen molar-refractivity contribution in [2.75, 3.05) is 11.5 Å². The van der Waals surface area contributed by atoms with Crippen LogP contribution in [0.3, 0.4) is 0 Å². The molecule has 4 rings (SSSR count). The zero-order valence-electron chi connectivity index (χ0n) is 25.4. The molecule has 0 bridgehead atoms. The van der Waals surface area contributed by atoms with Gasteiger partial charge in [0.1, 0.15) is 0 Å². The molecule has 4 aromatic rings. The van der Waals surface area contributed by atoms with Crippen molar-refractivity contribution in [1.82, 2.24) is 0 Å². The highest BCUT2D eigenvalue weighted by Gasteiger charge is 2.08. The van der Waals surface area contributed by atoms with Crippen LogP contribution in [0.1, 0.15) is 103 Å². The van der Waals surface area contributed by atoms with Gasteiger partial charge in [-0.15, -0.1) is 0 Å². The van der Waals surface area contributed by atoms with Crippen LogP contribution in [0.2, 0.25) is 0 Å². The highest BCUT2D eigenvalue weighted by molar-refractivity contribution is 5.43. The predicted octanol–water partition coefficient (Wildman–Crippen LogP) is 9.67. The molecule has 2 nitrogen and oxygen atoms in total. The zero-order valence-corrected chi connectivity index (χ0v) is 25.4. The normalized spacial score (nSPS) is 11.2. The Kier molecular flexibility index (Phi) is 11.9. The second kappa shape index (κ2) is 16.1. The quantitative estimate of drug-likeness (QED) is 0.109. The van der Waals surface area contributed by atoms with Crippen molar-refractivity contribution in [1.29, 1.82) is 0 Å². The van der Waals surface area contributed by atoms with Gasteiger partial charge >= 0.3 is 0 Å². The third-order valence-corrected chi connectivity index (χ3v) is 8.31. The molecule has 0 saturated carbocycles. The number of benzene rings is 4. The van der Waals surface area contributed by atoms with E-state index in [4.69, 9.17) is 11.5 Å². The molecule has 0 aliphatic carbocycles. The van der Waals surface area contributed by atoms with E-state index in [1.165, 1.54) is 92.9 Å². The Morgan fingerprint density at radius 2 is 0.756 bits per heavy atom. The molecule has 0 radical (unpaired) electrons. The number of nitrogens with two attached hydrogens (primary N) is 2. The third-order valence-electron chi connectivity index (χ3n) is 8.31. The summed E-state index contributed by atoms with van der Waals surface area (Å²) in [6, 6.07) is 31.0. The van der Waals surface area contributed by atoms with Crippen LogP contribution >= 0.6 is 0 Å². The van der Waals surface area contributed by atoms with Gasteiger partial charge in [-0.2, -0.15) is 0 Å². The second-order valence-corrected chi connectivity index (χ2v) is 11.8. The van der Waals surface area contributed by atoms with Crippen molar-refractivity contribution in [3.8, 4) is 0 Å². The summed E-state index contributed by atoms with van der Waals surface area (Å²) in [6.45, 7) is 4.58. The molecule has 4 N–H and O–H groups in total. The van der Waals surface area contributed by atoms with Gasteiger partial charge in [-0.3, -0.25) is 0 Å². The molecule has 0 aliphatic rings. The molecular formula is C39H50N2. The van der Waals surface area contributed by atoms with Crippen molar-refractivity contribution in [2.45, 2.75) is 97.3 Å². The lowest BCUT2D eigenvalue weighted by Gasteiger charge is -2.14. The molecule has 0 spiro atoms. The summed E-state index contributed by atoms with van der Waals surface area (Å²) >= 11 is 0. The lowest BCUT2D eigenvalue weighted by atomic mass is 9.92. The highest BCUT2D eigenvalue weighted by Crippen LogP contribution is 2.23. The van der Waals surface area contributed by atoms with Gasteiger partial charge < -0.3 is 11.5 Å². The van der Waals surface area contributed by atoms with E-state index in [-0.39, 0.29) is 0 Å². The van der Waals surface area contributed by atoms with Crippen LogP contribution in [0, 0.1) is 0 Å². The molecule has 0 unspecified atom stereocenters. The summed E-state index contributed by atoms with van der Waals surface area (Å²) in [7, 11) is 0. The van der Waals surface area contributed by atoms with E-state index < -0.39 is 0 Å². The van der Waals surface area contributed by atoms with Gasteiger partial charge in [-0.25, -0.2) is 0 Å². The summed E-state index contributed by atoms with van der Waals surface area (Å²) in [4.78, 5) is 0. The van der Waals surface area contributed by atoms with Crippen molar-refractivity contribution in [2.24, 2.45) is 0 Å². The Bertz CT molecular complexity index is 1230. The maximum absolute atomic E-state index is 5.88. The smallest absolute Gasteiger partial charge is 0.0314 e. The van der Waals surface area contributed by atoms with Gasteiger partial charge in [0.2, 0.25) is 0 Å². The minimum absolute atomic E-state index is 0.830. The summed E-state index contributed by atoms with van der Waals surface area (Å²) in [5.41, 5.74) is 25.1. The first-order chi connectivity index (χ1) is 20.0. The van der Waals surface area contributed by atoms with Crippen LogP contribution in [0.4, 0.5) is 11.4 Å². The van der Waals surface area contributed by atoms with Gasteiger partial charge in [0.25, 0.3) is 0 Å². The van der Waals surface area contributed by atoms with Crippen molar-refractivity contribution in [3.63, 3.8) is 0 Å².